The van der Waals surface area contributed by atoms with Crippen LogP contribution in [0.1, 0.15) is 12.0 Å². The number of carbonyl (C=O) groups is 1. The molecule has 7 heteroatoms. The molecule has 2 rings (SSSR count). The molecule has 0 N–H and O–H groups in total. The van der Waals surface area contributed by atoms with Crippen molar-refractivity contribution in [3.63, 3.8) is 0 Å². The Labute approximate surface area is 116 Å². The molecule has 0 aromatic heterocycles. The van der Waals surface area contributed by atoms with Crippen LogP contribution in [0.2, 0.25) is 5.02 Å². The summed E-state index contributed by atoms with van der Waals surface area (Å²) in [5, 5.41) is -0.630. The molecule has 1 heterocycles. The second-order valence-electron chi connectivity index (χ2n) is 4.48. The molecule has 1 atom stereocenters. The van der Waals surface area contributed by atoms with E-state index in [1.54, 1.807) is 12.1 Å². The van der Waals surface area contributed by atoms with Gasteiger partial charge in [-0.1, -0.05) is 29.8 Å². The lowest BCUT2D eigenvalue weighted by atomic mass is 10.1. The molecule has 0 spiro atoms. The van der Waals surface area contributed by atoms with Crippen LogP contribution in [0.15, 0.2) is 24.3 Å². The summed E-state index contributed by atoms with van der Waals surface area (Å²) < 4.78 is 34.4. The minimum absolute atomic E-state index is 0.0812. The highest BCUT2D eigenvalue weighted by atomic mass is 35.5. The summed E-state index contributed by atoms with van der Waals surface area (Å²) in [6.07, 6.45) is 0.242. The van der Waals surface area contributed by atoms with Gasteiger partial charge in [0.05, 0.1) is 0 Å². The topological polar surface area (TPSA) is 54.5 Å². The molecule has 1 aliphatic rings. The molecular weight excluding hydrogens is 293 g/mol. The van der Waals surface area contributed by atoms with Crippen molar-refractivity contribution in [1.29, 1.82) is 0 Å². The van der Waals surface area contributed by atoms with Crippen molar-refractivity contribution in [3.8, 4) is 0 Å². The van der Waals surface area contributed by atoms with Gasteiger partial charge in [0.25, 0.3) is 0 Å². The zero-order valence-corrected chi connectivity index (χ0v) is 11.6. The van der Waals surface area contributed by atoms with Crippen LogP contribution < -0.4 is 0 Å². The molecule has 1 amide bonds. The van der Waals surface area contributed by atoms with E-state index in [-0.39, 0.29) is 18.9 Å². The predicted octanol–water partition coefficient (Wildman–Crippen LogP) is 1.78. The van der Waals surface area contributed by atoms with Crippen molar-refractivity contribution < 1.29 is 17.1 Å². The molecule has 0 saturated carbocycles. The predicted molar refractivity (Wildman–Crippen MR) is 70.2 cm³/mol. The third-order valence-corrected chi connectivity index (χ3v) is 4.67. The first kappa shape index (κ1) is 14.3. The number of likely N-dealkylation sites (tertiary alicyclic amines) is 1. The maximum Gasteiger partial charge on any atom is 0.307 e. The van der Waals surface area contributed by atoms with Crippen molar-refractivity contribution in [1.82, 2.24) is 4.90 Å². The van der Waals surface area contributed by atoms with Gasteiger partial charge < -0.3 is 4.90 Å². The lowest BCUT2D eigenvalue weighted by Gasteiger charge is -2.16. The third kappa shape index (κ3) is 3.45. The Hall–Kier alpha value is -1.14. The summed E-state index contributed by atoms with van der Waals surface area (Å²) in [6.45, 7) is 0.261. The van der Waals surface area contributed by atoms with Gasteiger partial charge in [-0.25, -0.2) is 0 Å². The standard InChI is InChI=1S/C12H13ClFNO3S/c13-11-4-2-1-3-9(11)5-6-15-8-10(7-12(15)16)19(14,17)18/h1-4,10H,5-8H2. The molecule has 19 heavy (non-hydrogen) atoms. The molecule has 1 saturated heterocycles. The lowest BCUT2D eigenvalue weighted by molar-refractivity contribution is -0.127. The molecule has 104 valence electrons. The Balaban J connectivity index is 1.98. The Kier molecular flexibility index (Phi) is 4.10. The Morgan fingerprint density at radius 1 is 1.37 bits per heavy atom. The summed E-state index contributed by atoms with van der Waals surface area (Å²) >= 11 is 5.99. The van der Waals surface area contributed by atoms with Crippen LogP contribution in [0.4, 0.5) is 3.89 Å². The second-order valence-corrected chi connectivity index (χ2v) is 6.51. The van der Waals surface area contributed by atoms with Crippen molar-refractivity contribution in [2.45, 2.75) is 18.1 Å². The molecule has 0 bridgehead atoms. The number of amides is 1. The van der Waals surface area contributed by atoms with Crippen LogP contribution in [-0.2, 0) is 21.4 Å². The Morgan fingerprint density at radius 2 is 2.05 bits per heavy atom. The lowest BCUT2D eigenvalue weighted by Crippen LogP contribution is -2.29. The minimum atomic E-state index is -4.65. The second kappa shape index (κ2) is 5.46. The van der Waals surface area contributed by atoms with E-state index in [9.17, 15) is 17.1 Å². The largest absolute Gasteiger partial charge is 0.341 e. The van der Waals surface area contributed by atoms with Crippen molar-refractivity contribution in [3.05, 3.63) is 34.9 Å². The Bertz CT molecular complexity index is 590. The van der Waals surface area contributed by atoms with Crippen LogP contribution in [0.25, 0.3) is 0 Å². The van der Waals surface area contributed by atoms with Crippen LogP contribution in [0.5, 0.6) is 0 Å². The smallest absolute Gasteiger partial charge is 0.307 e. The average molecular weight is 306 g/mol. The van der Waals surface area contributed by atoms with Crippen molar-refractivity contribution in [2.24, 2.45) is 0 Å². The van der Waals surface area contributed by atoms with Gasteiger partial charge in [0, 0.05) is 24.5 Å². The van der Waals surface area contributed by atoms with Gasteiger partial charge in [0.15, 0.2) is 0 Å². The zero-order chi connectivity index (χ0) is 14.0. The number of hydrogen-bond acceptors (Lipinski definition) is 3. The van der Waals surface area contributed by atoms with Gasteiger partial charge in [-0.2, -0.15) is 8.42 Å². The normalized spacial score (nSPS) is 20.0. The molecule has 0 radical (unpaired) electrons. The van der Waals surface area contributed by atoms with E-state index in [0.717, 1.165) is 5.56 Å². The fourth-order valence-corrected chi connectivity index (χ4v) is 3.03. The number of carbonyl (C=O) groups excluding carboxylic acids is 1. The molecule has 4 nitrogen and oxygen atoms in total. The van der Waals surface area contributed by atoms with Gasteiger partial charge in [0.2, 0.25) is 5.91 Å². The van der Waals surface area contributed by atoms with E-state index in [0.29, 0.717) is 18.0 Å². The molecule has 1 aromatic carbocycles. The van der Waals surface area contributed by atoms with E-state index >= 15 is 0 Å². The van der Waals surface area contributed by atoms with Crippen LogP contribution in [-0.4, -0.2) is 37.6 Å². The summed E-state index contributed by atoms with van der Waals surface area (Å²) in [6, 6.07) is 7.23. The first-order chi connectivity index (χ1) is 8.88. The van der Waals surface area contributed by atoms with Gasteiger partial charge in [0.1, 0.15) is 5.25 Å². The van der Waals surface area contributed by atoms with E-state index in [1.807, 2.05) is 12.1 Å². The molecule has 1 aromatic rings. The quantitative estimate of drug-likeness (QED) is 0.797. The summed E-state index contributed by atoms with van der Waals surface area (Å²) in [7, 11) is -4.65. The summed E-state index contributed by atoms with van der Waals surface area (Å²) in [5.41, 5.74) is 0.878. The number of benzene rings is 1. The molecule has 1 unspecified atom stereocenters. The van der Waals surface area contributed by atoms with Gasteiger partial charge >= 0.3 is 10.2 Å². The van der Waals surface area contributed by atoms with Crippen LogP contribution in [0.3, 0.4) is 0 Å². The highest BCUT2D eigenvalue weighted by Crippen LogP contribution is 2.21. The summed E-state index contributed by atoms with van der Waals surface area (Å²) in [5.74, 6) is -0.335. The van der Waals surface area contributed by atoms with E-state index in [4.69, 9.17) is 11.6 Å². The minimum Gasteiger partial charge on any atom is -0.341 e. The number of halogens is 2. The van der Waals surface area contributed by atoms with Gasteiger partial charge in [-0.15, -0.1) is 3.89 Å². The average Bonchev–Trinajstić information content (AvgIpc) is 2.70. The number of rotatable bonds is 4. The van der Waals surface area contributed by atoms with E-state index in [2.05, 4.69) is 0 Å². The first-order valence-corrected chi connectivity index (χ1v) is 7.65. The van der Waals surface area contributed by atoms with Crippen molar-refractivity contribution in [2.75, 3.05) is 13.1 Å². The third-order valence-electron chi connectivity index (χ3n) is 3.19. The first-order valence-electron chi connectivity index (χ1n) is 5.82. The molecule has 0 aliphatic carbocycles. The zero-order valence-electron chi connectivity index (χ0n) is 10.1. The van der Waals surface area contributed by atoms with Crippen molar-refractivity contribution >= 4 is 27.7 Å². The highest BCUT2D eigenvalue weighted by Gasteiger charge is 2.38. The SMILES string of the molecule is O=C1CC(S(=O)(=O)F)CN1CCc1ccccc1Cl. The molecule has 1 aliphatic heterocycles. The summed E-state index contributed by atoms with van der Waals surface area (Å²) in [4.78, 5) is 13.0. The fraction of sp³-hybridized carbons (Fsp3) is 0.417. The maximum atomic E-state index is 12.8. The van der Waals surface area contributed by atoms with E-state index in [1.165, 1.54) is 4.90 Å². The van der Waals surface area contributed by atoms with Gasteiger partial charge in [-0.05, 0) is 18.1 Å². The number of hydrogen-bond donors (Lipinski definition) is 0. The van der Waals surface area contributed by atoms with Crippen LogP contribution in [0, 0.1) is 0 Å². The highest BCUT2D eigenvalue weighted by molar-refractivity contribution is 7.87. The fourth-order valence-electron chi connectivity index (χ4n) is 2.10. The molecular formula is C12H13ClFNO3S. The maximum absolute atomic E-state index is 12.8. The van der Waals surface area contributed by atoms with E-state index < -0.39 is 15.5 Å². The van der Waals surface area contributed by atoms with Crippen LogP contribution >= 0.6 is 11.6 Å². The Morgan fingerprint density at radius 3 is 2.63 bits per heavy atom. The number of nitrogens with zero attached hydrogens (tertiary/aromatic N) is 1. The van der Waals surface area contributed by atoms with Gasteiger partial charge in [-0.3, -0.25) is 4.79 Å². The monoisotopic (exact) mass is 305 g/mol. The molecule has 1 fully saturated rings.